The van der Waals surface area contributed by atoms with Gasteiger partial charge in [-0.3, -0.25) is 4.79 Å². The van der Waals surface area contributed by atoms with E-state index in [-0.39, 0.29) is 5.78 Å². The van der Waals surface area contributed by atoms with Crippen molar-refractivity contribution in [2.45, 2.75) is 13.8 Å². The average Bonchev–Trinajstić information content (AvgIpc) is 2.28. The molecule has 0 aliphatic rings. The predicted molar refractivity (Wildman–Crippen MR) is 77.2 cm³/mol. The van der Waals surface area contributed by atoms with E-state index in [1.165, 1.54) is 0 Å². The molecule has 0 saturated heterocycles. The lowest BCUT2D eigenvalue weighted by molar-refractivity contribution is 0.102. The number of halogens is 1. The third-order valence-electron chi connectivity index (χ3n) is 2.16. The van der Waals surface area contributed by atoms with Gasteiger partial charge in [0, 0.05) is 5.56 Å². The van der Waals surface area contributed by atoms with Crippen LogP contribution in [0.3, 0.4) is 0 Å². The van der Waals surface area contributed by atoms with E-state index >= 15 is 0 Å². The third-order valence-corrected chi connectivity index (χ3v) is 4.15. The molecule has 0 aliphatic heterocycles. The maximum absolute atomic E-state index is 11.9. The summed E-state index contributed by atoms with van der Waals surface area (Å²) in [4.78, 5) is 11.9. The summed E-state index contributed by atoms with van der Waals surface area (Å²) in [5.41, 5.74) is 0.730. The second-order valence-corrected chi connectivity index (χ2v) is 6.07. The highest BCUT2D eigenvalue weighted by Crippen LogP contribution is 2.26. The average molecular weight is 317 g/mol. The van der Waals surface area contributed by atoms with Crippen molar-refractivity contribution in [2.75, 3.05) is 18.6 Å². The molecule has 0 fully saturated rings. The Morgan fingerprint density at radius 2 is 2.18 bits per heavy atom. The van der Waals surface area contributed by atoms with Gasteiger partial charge in [-0.05, 0) is 45.8 Å². The lowest BCUT2D eigenvalue weighted by Gasteiger charge is -2.06. The first kappa shape index (κ1) is 14.6. The van der Waals surface area contributed by atoms with Gasteiger partial charge in [0.15, 0.2) is 5.78 Å². The quantitative estimate of drug-likeness (QED) is 0.741. The van der Waals surface area contributed by atoms with Gasteiger partial charge in [0.05, 0.1) is 17.3 Å². The summed E-state index contributed by atoms with van der Waals surface area (Å²) in [5.74, 6) is 3.09. The van der Waals surface area contributed by atoms with Crippen LogP contribution in [0.4, 0.5) is 0 Å². The van der Waals surface area contributed by atoms with Gasteiger partial charge in [0.1, 0.15) is 5.75 Å². The molecule has 0 bridgehead atoms. The zero-order valence-electron chi connectivity index (χ0n) is 10.3. The Balaban J connectivity index is 2.60. The topological polar surface area (TPSA) is 26.3 Å². The van der Waals surface area contributed by atoms with Crippen molar-refractivity contribution in [1.82, 2.24) is 0 Å². The van der Waals surface area contributed by atoms with Gasteiger partial charge in [0.2, 0.25) is 0 Å². The van der Waals surface area contributed by atoms with Crippen molar-refractivity contribution < 1.29 is 9.53 Å². The van der Waals surface area contributed by atoms with Crippen LogP contribution < -0.4 is 4.74 Å². The zero-order chi connectivity index (χ0) is 12.8. The fourth-order valence-electron chi connectivity index (χ4n) is 1.31. The maximum Gasteiger partial charge on any atom is 0.172 e. The first-order valence-electron chi connectivity index (χ1n) is 5.49. The molecule has 2 nitrogen and oxygen atoms in total. The van der Waals surface area contributed by atoms with Gasteiger partial charge >= 0.3 is 0 Å². The second-order valence-electron chi connectivity index (χ2n) is 4.18. The van der Waals surface area contributed by atoms with Crippen LogP contribution in [0, 0.1) is 5.92 Å². The third kappa shape index (κ3) is 4.72. The fraction of sp³-hybridized carbons (Fsp3) is 0.462. The number of carbonyl (C=O) groups excluding carboxylic acids is 1. The molecule has 1 aromatic carbocycles. The minimum atomic E-state index is 0.166. The van der Waals surface area contributed by atoms with Crippen LogP contribution in [0.5, 0.6) is 5.75 Å². The van der Waals surface area contributed by atoms with Crippen LogP contribution in [0.15, 0.2) is 22.7 Å². The predicted octanol–water partition coefficient (Wildman–Crippen LogP) is 4.03. The first-order valence-corrected chi connectivity index (χ1v) is 7.44. The lowest BCUT2D eigenvalue weighted by atomic mass is 10.1. The highest BCUT2D eigenvalue weighted by Gasteiger charge is 2.09. The van der Waals surface area contributed by atoms with Crippen molar-refractivity contribution in [3.05, 3.63) is 28.2 Å². The van der Waals surface area contributed by atoms with Gasteiger partial charge in [0.25, 0.3) is 0 Å². The molecule has 1 aromatic rings. The monoisotopic (exact) mass is 316 g/mol. The number of hydrogen-bond acceptors (Lipinski definition) is 3. The van der Waals surface area contributed by atoms with E-state index in [1.807, 2.05) is 18.2 Å². The van der Waals surface area contributed by atoms with E-state index in [2.05, 4.69) is 29.8 Å². The van der Waals surface area contributed by atoms with E-state index in [0.29, 0.717) is 11.7 Å². The Kier molecular flexibility index (Phi) is 6.06. The molecular weight excluding hydrogens is 300 g/mol. The SMILES string of the molecule is COc1ccc(C(=O)CSCC(C)C)cc1Br. The highest BCUT2D eigenvalue weighted by atomic mass is 79.9. The van der Waals surface area contributed by atoms with Gasteiger partial charge in [-0.1, -0.05) is 13.8 Å². The van der Waals surface area contributed by atoms with E-state index in [4.69, 9.17) is 4.74 Å². The van der Waals surface area contributed by atoms with Crippen molar-refractivity contribution in [3.63, 3.8) is 0 Å². The molecule has 0 amide bonds. The smallest absolute Gasteiger partial charge is 0.172 e. The van der Waals surface area contributed by atoms with E-state index in [9.17, 15) is 4.79 Å². The highest BCUT2D eigenvalue weighted by molar-refractivity contribution is 9.10. The van der Waals surface area contributed by atoms with Crippen LogP contribution in [0.1, 0.15) is 24.2 Å². The minimum absolute atomic E-state index is 0.166. The molecule has 0 radical (unpaired) electrons. The summed E-state index contributed by atoms with van der Waals surface area (Å²) in [6, 6.07) is 5.43. The summed E-state index contributed by atoms with van der Waals surface area (Å²) in [6.45, 7) is 4.31. The number of ketones is 1. The molecule has 0 spiro atoms. The van der Waals surface area contributed by atoms with Gasteiger partial charge in [-0.25, -0.2) is 0 Å². The summed E-state index contributed by atoms with van der Waals surface area (Å²) < 4.78 is 5.95. The van der Waals surface area contributed by atoms with Crippen LogP contribution in [-0.2, 0) is 0 Å². The Morgan fingerprint density at radius 3 is 2.71 bits per heavy atom. The molecule has 1 rings (SSSR count). The molecule has 0 heterocycles. The molecule has 0 unspecified atom stereocenters. The molecule has 0 aromatic heterocycles. The molecular formula is C13H17BrO2S. The molecule has 0 saturated carbocycles. The molecule has 17 heavy (non-hydrogen) atoms. The Labute approximate surface area is 115 Å². The van der Waals surface area contributed by atoms with Crippen LogP contribution in [0.25, 0.3) is 0 Å². The summed E-state index contributed by atoms with van der Waals surface area (Å²) in [5, 5.41) is 0. The van der Waals surface area contributed by atoms with Crippen molar-refractivity contribution in [3.8, 4) is 5.75 Å². The van der Waals surface area contributed by atoms with Gasteiger partial charge in [-0.2, -0.15) is 11.8 Å². The number of benzene rings is 1. The molecule has 0 N–H and O–H groups in total. The normalized spacial score (nSPS) is 10.6. The molecule has 94 valence electrons. The number of ether oxygens (including phenoxy) is 1. The van der Waals surface area contributed by atoms with Crippen molar-refractivity contribution >= 4 is 33.5 Å². The number of carbonyl (C=O) groups is 1. The number of hydrogen-bond donors (Lipinski definition) is 0. The van der Waals surface area contributed by atoms with Crippen molar-refractivity contribution in [2.24, 2.45) is 5.92 Å². The van der Waals surface area contributed by atoms with E-state index in [0.717, 1.165) is 21.5 Å². The molecule has 0 atom stereocenters. The minimum Gasteiger partial charge on any atom is -0.496 e. The Morgan fingerprint density at radius 1 is 1.47 bits per heavy atom. The van der Waals surface area contributed by atoms with Crippen LogP contribution in [0.2, 0.25) is 0 Å². The summed E-state index contributed by atoms with van der Waals surface area (Å²) in [6.07, 6.45) is 0. The van der Waals surface area contributed by atoms with Crippen LogP contribution in [-0.4, -0.2) is 24.4 Å². The van der Waals surface area contributed by atoms with Crippen molar-refractivity contribution in [1.29, 1.82) is 0 Å². The largest absolute Gasteiger partial charge is 0.496 e. The molecule has 4 heteroatoms. The number of rotatable bonds is 6. The fourth-order valence-corrected chi connectivity index (χ4v) is 2.79. The Hall–Kier alpha value is -0.480. The maximum atomic E-state index is 11.9. The standard InChI is InChI=1S/C13H17BrO2S/c1-9(2)7-17-8-12(15)10-4-5-13(16-3)11(14)6-10/h4-6,9H,7-8H2,1-3H3. The lowest BCUT2D eigenvalue weighted by Crippen LogP contribution is -2.04. The first-order chi connectivity index (χ1) is 8.04. The van der Waals surface area contributed by atoms with E-state index < -0.39 is 0 Å². The van der Waals surface area contributed by atoms with Crippen LogP contribution >= 0.6 is 27.7 Å². The molecule has 0 aliphatic carbocycles. The van der Waals surface area contributed by atoms with E-state index in [1.54, 1.807) is 18.9 Å². The van der Waals surface area contributed by atoms with Gasteiger partial charge < -0.3 is 4.74 Å². The summed E-state index contributed by atoms with van der Waals surface area (Å²) >= 11 is 5.07. The number of thioether (sulfide) groups is 1. The summed E-state index contributed by atoms with van der Waals surface area (Å²) in [7, 11) is 1.61. The Bertz CT molecular complexity index is 391. The number of Topliss-reactive ketones (excluding diaryl/α,β-unsaturated/α-hetero) is 1. The second kappa shape index (κ2) is 7.07. The van der Waals surface area contributed by atoms with Gasteiger partial charge in [-0.15, -0.1) is 0 Å². The zero-order valence-corrected chi connectivity index (χ0v) is 12.7. The number of methoxy groups -OCH3 is 1.